The molecule has 0 aromatic carbocycles. The Balaban J connectivity index is 2.59. The number of rotatable bonds is 0. The van der Waals surface area contributed by atoms with Gasteiger partial charge in [-0.05, 0) is 6.08 Å². The van der Waals surface area contributed by atoms with Crippen molar-refractivity contribution in [1.82, 2.24) is 4.42 Å². The molecule has 0 aliphatic carbocycles. The Morgan fingerprint density at radius 1 is 1.75 bits per heavy atom. The van der Waals surface area contributed by atoms with Crippen LogP contribution in [0.15, 0.2) is 17.3 Å². The van der Waals surface area contributed by atoms with Crippen molar-refractivity contribution in [2.75, 3.05) is 0 Å². The second-order valence-corrected chi connectivity index (χ2v) is 1.72. The molecule has 0 amide bonds. The molecule has 1 aliphatic heterocycles. The molecule has 1 unspecified atom stereocenters. The minimum atomic E-state index is -0.915. The van der Waals surface area contributed by atoms with Gasteiger partial charge in [0.05, 0.1) is 0 Å². The van der Waals surface area contributed by atoms with E-state index in [4.69, 9.17) is 16.9 Å². The van der Waals surface area contributed by atoms with E-state index in [1.165, 1.54) is 12.4 Å². The van der Waals surface area contributed by atoms with E-state index in [0.29, 0.717) is 0 Å². The summed E-state index contributed by atoms with van der Waals surface area (Å²) in [6.07, 6.45) is 3.74. The molecule has 1 heterocycles. The maximum atomic E-state index is 8.72. The molecule has 1 N–H and O–H groups in total. The molecule has 0 spiro atoms. The number of nitrogens with zero attached hydrogens (tertiary/aromatic N) is 2. The van der Waals surface area contributed by atoms with Gasteiger partial charge in [0.15, 0.2) is 0 Å². The summed E-state index contributed by atoms with van der Waals surface area (Å²) in [5.74, 6) is 0. The van der Waals surface area contributed by atoms with E-state index < -0.39 is 6.35 Å². The number of aliphatic hydroxyl groups is 1. The van der Waals surface area contributed by atoms with Crippen LogP contribution < -0.4 is 0 Å². The molecule has 1 atom stereocenters. The van der Waals surface area contributed by atoms with Gasteiger partial charge in [-0.3, -0.25) is 0 Å². The highest BCUT2D eigenvalue weighted by Gasteiger charge is 2.06. The van der Waals surface area contributed by atoms with Crippen LogP contribution in [0.5, 0.6) is 0 Å². The van der Waals surface area contributed by atoms with E-state index in [-0.39, 0.29) is 0 Å². The topological polar surface area (TPSA) is 35.8 Å². The minimum absolute atomic E-state index is 0.915. The van der Waals surface area contributed by atoms with Gasteiger partial charge in [0.1, 0.15) is 0 Å². The summed E-state index contributed by atoms with van der Waals surface area (Å²) < 4.78 is 1.08. The second kappa shape index (κ2) is 2.15. The Morgan fingerprint density at radius 3 is 2.88 bits per heavy atom. The lowest BCUT2D eigenvalue weighted by Crippen LogP contribution is -2.21. The van der Waals surface area contributed by atoms with E-state index in [1.54, 1.807) is 6.08 Å². The van der Waals surface area contributed by atoms with Crippen LogP contribution in [0.3, 0.4) is 0 Å². The highest BCUT2D eigenvalue weighted by atomic mass is 35.5. The molecule has 0 saturated carbocycles. The lowest BCUT2D eigenvalue weighted by atomic mass is 10.6. The van der Waals surface area contributed by atoms with Crippen molar-refractivity contribution in [3.05, 3.63) is 12.3 Å². The smallest absolute Gasteiger partial charge is 0.238 e. The maximum absolute atomic E-state index is 8.72. The van der Waals surface area contributed by atoms with Gasteiger partial charge in [-0.2, -0.15) is 0 Å². The van der Waals surface area contributed by atoms with Gasteiger partial charge in [0, 0.05) is 24.2 Å². The average molecular weight is 133 g/mol. The van der Waals surface area contributed by atoms with Crippen molar-refractivity contribution in [2.45, 2.75) is 6.35 Å². The molecule has 0 saturated heterocycles. The number of aliphatic imine (C=N–C) groups is 1. The monoisotopic (exact) mass is 132 g/mol. The van der Waals surface area contributed by atoms with Crippen LogP contribution in [-0.4, -0.2) is 22.1 Å². The number of hydrogen-bond donors (Lipinski definition) is 1. The van der Waals surface area contributed by atoms with Gasteiger partial charge >= 0.3 is 0 Å². The molecule has 0 radical (unpaired) electrons. The van der Waals surface area contributed by atoms with Crippen molar-refractivity contribution in [1.29, 1.82) is 0 Å². The van der Waals surface area contributed by atoms with Crippen LogP contribution in [0.25, 0.3) is 0 Å². The first-order chi connectivity index (χ1) is 3.80. The molecule has 3 nitrogen and oxygen atoms in total. The zero-order valence-corrected chi connectivity index (χ0v) is 4.78. The van der Waals surface area contributed by atoms with E-state index in [2.05, 4.69) is 4.99 Å². The maximum Gasteiger partial charge on any atom is 0.238 e. The average Bonchev–Trinajstić information content (AvgIpc) is 1.77. The first kappa shape index (κ1) is 5.59. The molecule has 0 aromatic rings. The zero-order chi connectivity index (χ0) is 5.98. The largest absolute Gasteiger partial charge is 0.354 e. The Morgan fingerprint density at radius 2 is 2.50 bits per heavy atom. The predicted octanol–water partition coefficient (Wildman–Crippen LogP) is 0.316. The molecule has 0 bridgehead atoms. The van der Waals surface area contributed by atoms with Crippen LogP contribution in [0.4, 0.5) is 0 Å². The molecule has 1 aliphatic rings. The van der Waals surface area contributed by atoms with Gasteiger partial charge in [-0.15, -0.1) is 0 Å². The fourth-order valence-electron chi connectivity index (χ4n) is 0.388. The van der Waals surface area contributed by atoms with E-state index in [1.807, 2.05) is 0 Å². The summed E-state index contributed by atoms with van der Waals surface area (Å²) in [5.41, 5.74) is 0. The summed E-state index contributed by atoms with van der Waals surface area (Å²) in [6.45, 7) is 0. The van der Waals surface area contributed by atoms with E-state index in [0.717, 1.165) is 4.42 Å². The van der Waals surface area contributed by atoms with E-state index >= 15 is 0 Å². The van der Waals surface area contributed by atoms with Gasteiger partial charge in [0.2, 0.25) is 6.35 Å². The Labute approximate surface area is 52.0 Å². The van der Waals surface area contributed by atoms with Gasteiger partial charge in [0.25, 0.3) is 0 Å². The van der Waals surface area contributed by atoms with Crippen molar-refractivity contribution >= 4 is 18.0 Å². The quantitative estimate of drug-likeness (QED) is 0.482. The van der Waals surface area contributed by atoms with Crippen LogP contribution in [0.1, 0.15) is 0 Å². The molecule has 1 rings (SSSR count). The fourth-order valence-corrected chi connectivity index (χ4v) is 0.504. The fraction of sp³-hybridized carbons (Fsp3) is 0.250. The van der Waals surface area contributed by atoms with Crippen LogP contribution in [0.2, 0.25) is 0 Å². The van der Waals surface area contributed by atoms with Crippen molar-refractivity contribution < 1.29 is 5.11 Å². The number of allylic oxidation sites excluding steroid dienone is 1. The predicted molar refractivity (Wildman–Crippen MR) is 31.3 cm³/mol. The lowest BCUT2D eigenvalue weighted by Gasteiger charge is -2.15. The van der Waals surface area contributed by atoms with Crippen molar-refractivity contribution in [3.8, 4) is 0 Å². The molecule has 0 aromatic heterocycles. The molecule has 8 heavy (non-hydrogen) atoms. The highest BCUT2D eigenvalue weighted by Crippen LogP contribution is 2.04. The summed E-state index contributed by atoms with van der Waals surface area (Å²) >= 11 is 5.35. The number of hydrogen-bond acceptors (Lipinski definition) is 3. The van der Waals surface area contributed by atoms with Gasteiger partial charge < -0.3 is 5.11 Å². The standard InChI is InChI=1S/C4H5ClN2O/c5-7-3-1-2-6-4(7)8/h1-4,8H. The Bertz CT molecular complexity index is 118. The zero-order valence-electron chi connectivity index (χ0n) is 4.03. The van der Waals surface area contributed by atoms with Crippen LogP contribution in [0, 0.1) is 0 Å². The first-order valence-electron chi connectivity index (χ1n) is 2.13. The third-order valence-corrected chi connectivity index (χ3v) is 1.04. The minimum Gasteiger partial charge on any atom is -0.354 e. The summed E-state index contributed by atoms with van der Waals surface area (Å²) in [7, 11) is 0. The van der Waals surface area contributed by atoms with Crippen LogP contribution >= 0.6 is 11.8 Å². The molecule has 4 heteroatoms. The highest BCUT2D eigenvalue weighted by molar-refractivity contribution is 6.14. The van der Waals surface area contributed by atoms with Crippen molar-refractivity contribution in [2.24, 2.45) is 4.99 Å². The number of halogens is 1. The SMILES string of the molecule is OC1N=CC=CN1Cl. The summed E-state index contributed by atoms with van der Waals surface area (Å²) in [5, 5.41) is 8.72. The second-order valence-electron chi connectivity index (χ2n) is 1.33. The Hall–Kier alpha value is -0.540. The third kappa shape index (κ3) is 0.993. The molecular weight excluding hydrogens is 128 g/mol. The summed E-state index contributed by atoms with van der Waals surface area (Å²) in [6, 6.07) is 0. The molecule has 44 valence electrons. The van der Waals surface area contributed by atoms with E-state index in [9.17, 15) is 0 Å². The number of aliphatic hydroxyl groups excluding tert-OH is 1. The van der Waals surface area contributed by atoms with Crippen molar-refractivity contribution in [3.63, 3.8) is 0 Å². The van der Waals surface area contributed by atoms with Crippen LogP contribution in [-0.2, 0) is 0 Å². The van der Waals surface area contributed by atoms with Gasteiger partial charge in [-0.1, -0.05) is 0 Å². The molecule has 0 fully saturated rings. The third-order valence-electron chi connectivity index (χ3n) is 0.755. The normalized spacial score (nSPS) is 26.8. The molecular formula is C4H5ClN2O. The Kier molecular flexibility index (Phi) is 1.50. The first-order valence-corrected chi connectivity index (χ1v) is 2.46. The van der Waals surface area contributed by atoms with Gasteiger partial charge in [-0.25, -0.2) is 9.41 Å². The lowest BCUT2D eigenvalue weighted by molar-refractivity contribution is 0.100. The summed E-state index contributed by atoms with van der Waals surface area (Å²) in [4.78, 5) is 3.55.